The van der Waals surface area contributed by atoms with E-state index >= 15 is 0 Å². The molecular formula is C13H21N3O2S. The summed E-state index contributed by atoms with van der Waals surface area (Å²) in [6.45, 7) is 4.20. The minimum Gasteiger partial charge on any atom is -0.330 e. The average molecular weight is 283 g/mol. The second kappa shape index (κ2) is 4.59. The number of sulfone groups is 1. The van der Waals surface area contributed by atoms with Crippen molar-refractivity contribution in [1.82, 2.24) is 14.9 Å². The summed E-state index contributed by atoms with van der Waals surface area (Å²) < 4.78 is 25.8. The van der Waals surface area contributed by atoms with Crippen molar-refractivity contribution in [2.45, 2.75) is 37.6 Å². The van der Waals surface area contributed by atoms with Crippen LogP contribution in [0.5, 0.6) is 0 Å². The van der Waals surface area contributed by atoms with Gasteiger partial charge in [0.2, 0.25) is 0 Å². The predicted octanol–water partition coefficient (Wildman–Crippen LogP) is 0.884. The van der Waals surface area contributed by atoms with Crippen molar-refractivity contribution in [3.63, 3.8) is 0 Å². The number of hydrogen-bond donors (Lipinski definition) is 1. The second-order valence-corrected chi connectivity index (χ2v) is 8.31. The van der Waals surface area contributed by atoms with Gasteiger partial charge in [0.15, 0.2) is 9.84 Å². The normalized spacial score (nSPS) is 34.5. The summed E-state index contributed by atoms with van der Waals surface area (Å²) in [6, 6.07) is 0.0636. The lowest BCUT2D eigenvalue weighted by molar-refractivity contribution is 0.411. The van der Waals surface area contributed by atoms with Crippen molar-refractivity contribution in [2.75, 3.05) is 24.6 Å². The van der Waals surface area contributed by atoms with Crippen LogP contribution in [0.2, 0.25) is 0 Å². The Kier molecular flexibility index (Phi) is 3.17. The van der Waals surface area contributed by atoms with Crippen molar-refractivity contribution in [1.29, 1.82) is 0 Å². The molecule has 5 nitrogen and oxygen atoms in total. The first-order chi connectivity index (χ1) is 9.00. The molecule has 2 saturated heterocycles. The number of nitrogens with zero attached hydrogens (tertiary/aromatic N) is 2. The summed E-state index contributed by atoms with van der Waals surface area (Å²) in [5.41, 5.74) is 1.26. The highest BCUT2D eigenvalue weighted by Crippen LogP contribution is 2.33. The van der Waals surface area contributed by atoms with Crippen LogP contribution in [0.1, 0.15) is 37.9 Å². The van der Waals surface area contributed by atoms with Crippen LogP contribution in [-0.2, 0) is 15.3 Å². The van der Waals surface area contributed by atoms with Crippen LogP contribution in [0, 0.1) is 0 Å². The molecule has 0 saturated carbocycles. The topological polar surface area (TPSA) is 64.0 Å². The minimum atomic E-state index is -2.88. The zero-order valence-corrected chi connectivity index (χ0v) is 12.1. The Morgan fingerprint density at radius 2 is 2.37 bits per heavy atom. The number of nitrogens with one attached hydrogen (secondary N) is 1. The maximum atomic E-state index is 11.8. The molecule has 2 atom stereocenters. The fraction of sp³-hybridized carbons (Fsp3) is 0.769. The minimum absolute atomic E-state index is 0.0636. The third-order valence-electron chi connectivity index (χ3n) is 4.49. The summed E-state index contributed by atoms with van der Waals surface area (Å²) in [7, 11) is -2.88. The Bertz CT molecular complexity index is 558. The molecule has 2 aliphatic heterocycles. The van der Waals surface area contributed by atoms with Crippen LogP contribution < -0.4 is 5.32 Å². The number of imidazole rings is 1. The molecule has 1 aromatic rings. The molecule has 0 amide bonds. The van der Waals surface area contributed by atoms with Gasteiger partial charge >= 0.3 is 0 Å². The molecule has 1 N–H and O–H groups in total. The Morgan fingerprint density at radius 3 is 3.05 bits per heavy atom. The molecule has 2 fully saturated rings. The Balaban J connectivity index is 1.92. The van der Waals surface area contributed by atoms with Gasteiger partial charge in [-0.3, -0.25) is 0 Å². The van der Waals surface area contributed by atoms with E-state index in [1.165, 1.54) is 5.69 Å². The fourth-order valence-electron chi connectivity index (χ4n) is 3.32. The fourth-order valence-corrected chi connectivity index (χ4v) is 5.00. The van der Waals surface area contributed by atoms with Crippen molar-refractivity contribution in [3.8, 4) is 0 Å². The van der Waals surface area contributed by atoms with E-state index in [9.17, 15) is 8.42 Å². The van der Waals surface area contributed by atoms with Crippen LogP contribution in [0.25, 0.3) is 0 Å². The van der Waals surface area contributed by atoms with E-state index in [0.717, 1.165) is 32.4 Å². The summed E-state index contributed by atoms with van der Waals surface area (Å²) in [4.78, 5) is 4.28. The first-order valence-corrected chi connectivity index (χ1v) is 8.76. The number of rotatable bonds is 2. The third-order valence-corrected chi connectivity index (χ3v) is 6.29. The van der Waals surface area contributed by atoms with Crippen LogP contribution in [0.4, 0.5) is 0 Å². The molecule has 3 rings (SSSR count). The van der Waals surface area contributed by atoms with Gasteiger partial charge in [-0.2, -0.15) is 0 Å². The first kappa shape index (κ1) is 13.1. The zero-order valence-electron chi connectivity index (χ0n) is 11.3. The molecule has 0 aromatic carbocycles. The highest BCUT2D eigenvalue weighted by Gasteiger charge is 2.36. The van der Waals surface area contributed by atoms with Gasteiger partial charge in [0.25, 0.3) is 0 Å². The number of hydrogen-bond acceptors (Lipinski definition) is 4. The van der Waals surface area contributed by atoms with E-state index in [0.29, 0.717) is 5.75 Å². The quantitative estimate of drug-likeness (QED) is 0.875. The second-order valence-electron chi connectivity index (χ2n) is 6.08. The van der Waals surface area contributed by atoms with Crippen molar-refractivity contribution >= 4 is 9.84 Å². The standard InChI is InChI=1S/C13H21N3O2S/c1-13(4-5-14-9-13)12-7-15-10-16(12)11-3-2-6-19(17,18)8-11/h7,10-11,14H,2-6,8-9H2,1H3. The largest absolute Gasteiger partial charge is 0.330 e. The molecule has 1 aromatic heterocycles. The zero-order chi connectivity index (χ0) is 13.5. The lowest BCUT2D eigenvalue weighted by Gasteiger charge is -2.30. The van der Waals surface area contributed by atoms with Gasteiger partial charge in [-0.05, 0) is 25.8 Å². The van der Waals surface area contributed by atoms with Gasteiger partial charge in [0.1, 0.15) is 0 Å². The smallest absolute Gasteiger partial charge is 0.152 e. The van der Waals surface area contributed by atoms with Crippen molar-refractivity contribution < 1.29 is 8.42 Å². The lowest BCUT2D eigenvalue weighted by Crippen LogP contribution is -2.33. The van der Waals surface area contributed by atoms with E-state index in [1.807, 2.05) is 12.5 Å². The molecule has 3 heterocycles. The molecular weight excluding hydrogens is 262 g/mol. The van der Waals surface area contributed by atoms with E-state index in [1.54, 1.807) is 0 Å². The molecule has 19 heavy (non-hydrogen) atoms. The summed E-state index contributed by atoms with van der Waals surface area (Å²) in [6.07, 6.45) is 6.50. The highest BCUT2D eigenvalue weighted by molar-refractivity contribution is 7.91. The summed E-state index contributed by atoms with van der Waals surface area (Å²) >= 11 is 0. The number of aromatic nitrogens is 2. The van der Waals surface area contributed by atoms with Crippen LogP contribution in [0.15, 0.2) is 12.5 Å². The Labute approximate surface area is 114 Å². The molecule has 2 aliphatic rings. The molecule has 2 unspecified atom stereocenters. The van der Waals surface area contributed by atoms with E-state index in [2.05, 4.69) is 21.8 Å². The van der Waals surface area contributed by atoms with Crippen molar-refractivity contribution in [2.24, 2.45) is 0 Å². The monoisotopic (exact) mass is 283 g/mol. The van der Waals surface area contributed by atoms with Crippen LogP contribution >= 0.6 is 0 Å². The molecule has 106 valence electrons. The van der Waals surface area contributed by atoms with Gasteiger partial charge in [-0.15, -0.1) is 0 Å². The van der Waals surface area contributed by atoms with Gasteiger partial charge < -0.3 is 9.88 Å². The molecule has 0 bridgehead atoms. The maximum absolute atomic E-state index is 11.8. The van der Waals surface area contributed by atoms with Crippen LogP contribution in [0.3, 0.4) is 0 Å². The van der Waals surface area contributed by atoms with Gasteiger partial charge in [-0.1, -0.05) is 6.92 Å². The first-order valence-electron chi connectivity index (χ1n) is 6.94. The van der Waals surface area contributed by atoms with Crippen LogP contribution in [-0.4, -0.2) is 42.6 Å². The summed E-state index contributed by atoms with van der Waals surface area (Å²) in [5.74, 6) is 0.603. The Hall–Kier alpha value is -0.880. The SMILES string of the molecule is CC1(c2cncn2C2CCCS(=O)(=O)C2)CCNC1. The van der Waals surface area contributed by atoms with Crippen molar-refractivity contribution in [3.05, 3.63) is 18.2 Å². The lowest BCUT2D eigenvalue weighted by atomic mass is 9.86. The van der Waals surface area contributed by atoms with E-state index in [4.69, 9.17) is 0 Å². The van der Waals surface area contributed by atoms with Gasteiger partial charge in [-0.25, -0.2) is 13.4 Å². The predicted molar refractivity (Wildman–Crippen MR) is 74.0 cm³/mol. The third kappa shape index (κ3) is 2.43. The van der Waals surface area contributed by atoms with E-state index < -0.39 is 9.84 Å². The molecule has 0 spiro atoms. The molecule has 0 aliphatic carbocycles. The highest BCUT2D eigenvalue weighted by atomic mass is 32.2. The van der Waals surface area contributed by atoms with Gasteiger partial charge in [0.05, 0.1) is 17.8 Å². The molecule has 6 heteroatoms. The summed E-state index contributed by atoms with van der Waals surface area (Å²) in [5, 5.41) is 3.39. The maximum Gasteiger partial charge on any atom is 0.152 e. The van der Waals surface area contributed by atoms with Gasteiger partial charge in [0, 0.05) is 29.9 Å². The molecule has 0 radical (unpaired) electrons. The Morgan fingerprint density at radius 1 is 1.53 bits per heavy atom. The average Bonchev–Trinajstić information content (AvgIpc) is 2.96. The van der Waals surface area contributed by atoms with E-state index in [-0.39, 0.29) is 17.2 Å².